The number of allylic oxidation sites excluding steroid dienone is 23. The molecule has 8 unspecified atom stereocenters. The Balaban J connectivity index is 2.76. The summed E-state index contributed by atoms with van der Waals surface area (Å²) in [6.07, 6.45) is 70.3. The molecule has 8 atom stereocenters. The maximum atomic E-state index is 13.4. The minimum Gasteiger partial charge on any atom is -0.454 e. The highest BCUT2D eigenvalue weighted by Gasteiger charge is 2.47. The van der Waals surface area contributed by atoms with E-state index in [1.54, 1.807) is 6.08 Å². The van der Waals surface area contributed by atoms with Gasteiger partial charge in [0.05, 0.1) is 25.4 Å². The third kappa shape index (κ3) is 43.8. The van der Waals surface area contributed by atoms with E-state index in [0.29, 0.717) is 19.3 Å². The van der Waals surface area contributed by atoms with E-state index in [0.717, 1.165) is 116 Å². The number of carbonyl (C=O) groups excluding carboxylic acids is 2. The molecule has 1 rings (SSSR count). The van der Waals surface area contributed by atoms with Gasteiger partial charge in [0, 0.05) is 6.42 Å². The van der Waals surface area contributed by atoms with Crippen LogP contribution >= 0.6 is 0 Å². The molecule has 11 nitrogen and oxygen atoms in total. The number of nitrogens with one attached hydrogen (secondary N) is 1. The van der Waals surface area contributed by atoms with Crippen LogP contribution in [0.2, 0.25) is 0 Å². The summed E-state index contributed by atoms with van der Waals surface area (Å²) in [5.41, 5.74) is 0. The van der Waals surface area contributed by atoms with E-state index < -0.39 is 67.4 Å². The van der Waals surface area contributed by atoms with Gasteiger partial charge in [-0.05, 0) is 109 Å². The standard InChI is InChI=1S/C70H113NO10/c1-4-7-10-13-16-19-22-25-27-29-31-33-34-36-39-42-45-48-51-54-57-63(74)69(78)71-61(62(73)56-53-50-47-44-41-38-24-21-18-15-12-9-6-3)60-79-70-68(67(77)66(76)64(59-72)80-70)81-65(75)58-55-52-49-46-43-40-37-35-32-30-28-26-23-20-17-14-11-8-5-2/h7-8,10-11,16-17,19-20,25-28,31-33,35-36,39-40,43,49,52-53,56,61-64,66-68,70,72-74,76-77H,4-6,9,12-15,18,21-24,29-30,34,37-38,41-42,44-48,50-51,54-55,57-60H2,1-3H3,(H,71,78)/b10-7-,11-8-,19-16-,20-17-,27-25-,28-26-,33-31-,35-32-,39-36-,43-40-,52-49-,56-53+. The van der Waals surface area contributed by atoms with Crippen LogP contribution in [-0.4, -0.2) is 99.6 Å². The first-order valence-corrected chi connectivity index (χ1v) is 31.6. The number of ether oxygens (including phenoxy) is 3. The molecule has 0 bridgehead atoms. The molecule has 458 valence electrons. The van der Waals surface area contributed by atoms with Gasteiger partial charge >= 0.3 is 5.97 Å². The Labute approximate surface area is 492 Å². The Kier molecular flexibility index (Phi) is 51.6. The minimum absolute atomic E-state index is 0.0128. The molecule has 1 fully saturated rings. The summed E-state index contributed by atoms with van der Waals surface area (Å²) in [5, 5.41) is 57.0. The number of aliphatic hydroxyl groups is 5. The molecule has 1 amide bonds. The van der Waals surface area contributed by atoms with Crippen molar-refractivity contribution < 1.29 is 49.3 Å². The van der Waals surface area contributed by atoms with Gasteiger partial charge in [0.2, 0.25) is 5.91 Å². The topological polar surface area (TPSA) is 175 Å². The molecule has 0 aromatic rings. The summed E-state index contributed by atoms with van der Waals surface area (Å²) < 4.78 is 17.5. The van der Waals surface area contributed by atoms with Crippen LogP contribution in [0.1, 0.15) is 220 Å². The molecule has 1 aliphatic rings. The van der Waals surface area contributed by atoms with Gasteiger partial charge in [-0.2, -0.15) is 0 Å². The molecular formula is C70H113NO10. The van der Waals surface area contributed by atoms with E-state index >= 15 is 0 Å². The molecule has 0 aromatic carbocycles. The van der Waals surface area contributed by atoms with Crippen molar-refractivity contribution in [1.29, 1.82) is 0 Å². The Morgan fingerprint density at radius 1 is 0.494 bits per heavy atom. The molecule has 1 aliphatic heterocycles. The molecule has 0 saturated carbocycles. The van der Waals surface area contributed by atoms with E-state index in [4.69, 9.17) is 14.2 Å². The van der Waals surface area contributed by atoms with Crippen LogP contribution in [0.15, 0.2) is 146 Å². The van der Waals surface area contributed by atoms with Crippen molar-refractivity contribution in [3.05, 3.63) is 146 Å². The van der Waals surface area contributed by atoms with Crippen LogP contribution in [0.4, 0.5) is 0 Å². The first kappa shape index (κ1) is 74.6. The predicted octanol–water partition coefficient (Wildman–Crippen LogP) is 15.4. The quantitative estimate of drug-likeness (QED) is 0.0195. The smallest absolute Gasteiger partial charge is 0.306 e. The highest BCUT2D eigenvalue weighted by molar-refractivity contribution is 5.80. The van der Waals surface area contributed by atoms with Crippen molar-refractivity contribution in [3.8, 4) is 0 Å². The molecular weight excluding hydrogens is 1010 g/mol. The Hall–Kier alpha value is -4.46. The normalized spacial score (nSPS) is 19.7. The zero-order chi connectivity index (χ0) is 58.9. The van der Waals surface area contributed by atoms with E-state index in [9.17, 15) is 35.1 Å². The predicted molar refractivity (Wildman–Crippen MR) is 337 cm³/mol. The molecule has 81 heavy (non-hydrogen) atoms. The van der Waals surface area contributed by atoms with Crippen molar-refractivity contribution in [3.63, 3.8) is 0 Å². The van der Waals surface area contributed by atoms with Gasteiger partial charge < -0.3 is 45.1 Å². The number of esters is 1. The van der Waals surface area contributed by atoms with Crippen molar-refractivity contribution in [2.24, 2.45) is 0 Å². The molecule has 11 heteroatoms. The molecule has 0 radical (unpaired) electrons. The number of hydrogen-bond donors (Lipinski definition) is 6. The van der Waals surface area contributed by atoms with E-state index in [2.05, 4.69) is 148 Å². The fourth-order valence-electron chi connectivity index (χ4n) is 8.82. The summed E-state index contributed by atoms with van der Waals surface area (Å²) in [4.78, 5) is 26.5. The lowest BCUT2D eigenvalue weighted by Gasteiger charge is -2.41. The third-order valence-electron chi connectivity index (χ3n) is 13.7. The summed E-state index contributed by atoms with van der Waals surface area (Å²) in [6, 6.07) is -1.06. The zero-order valence-corrected chi connectivity index (χ0v) is 50.6. The molecule has 1 heterocycles. The average molecular weight is 1130 g/mol. The number of hydrogen-bond acceptors (Lipinski definition) is 10. The maximum Gasteiger partial charge on any atom is 0.306 e. The van der Waals surface area contributed by atoms with Gasteiger partial charge in [0.1, 0.15) is 24.4 Å². The number of carbonyl (C=O) groups is 2. The van der Waals surface area contributed by atoms with Crippen molar-refractivity contribution >= 4 is 11.9 Å². The number of aliphatic hydroxyl groups excluding tert-OH is 5. The van der Waals surface area contributed by atoms with Crippen LogP contribution in [-0.2, 0) is 23.8 Å². The number of amides is 1. The van der Waals surface area contributed by atoms with Crippen molar-refractivity contribution in [2.75, 3.05) is 13.2 Å². The summed E-state index contributed by atoms with van der Waals surface area (Å²) >= 11 is 0. The summed E-state index contributed by atoms with van der Waals surface area (Å²) in [6.45, 7) is 5.50. The van der Waals surface area contributed by atoms with Gasteiger partial charge in [0.15, 0.2) is 12.4 Å². The van der Waals surface area contributed by atoms with Crippen LogP contribution in [0.5, 0.6) is 0 Å². The highest BCUT2D eigenvalue weighted by Crippen LogP contribution is 2.26. The number of rotatable bonds is 51. The van der Waals surface area contributed by atoms with Gasteiger partial charge in [-0.3, -0.25) is 9.59 Å². The summed E-state index contributed by atoms with van der Waals surface area (Å²) in [5.74, 6) is -1.32. The lowest BCUT2D eigenvalue weighted by Crippen LogP contribution is -2.61. The number of unbranched alkanes of at least 4 members (excludes halogenated alkanes) is 15. The average Bonchev–Trinajstić information content (AvgIpc) is 3.47. The molecule has 1 saturated heterocycles. The minimum atomic E-state index is -1.66. The maximum absolute atomic E-state index is 13.4. The van der Waals surface area contributed by atoms with Crippen LogP contribution in [0, 0.1) is 0 Å². The van der Waals surface area contributed by atoms with E-state index in [1.807, 2.05) is 18.2 Å². The first-order chi connectivity index (χ1) is 39.7. The lowest BCUT2D eigenvalue weighted by molar-refractivity contribution is -0.305. The largest absolute Gasteiger partial charge is 0.454 e. The Bertz CT molecular complexity index is 1870. The van der Waals surface area contributed by atoms with E-state index in [-0.39, 0.29) is 19.4 Å². The van der Waals surface area contributed by atoms with Crippen LogP contribution in [0.3, 0.4) is 0 Å². The van der Waals surface area contributed by atoms with Gasteiger partial charge in [-0.1, -0.05) is 250 Å². The van der Waals surface area contributed by atoms with Gasteiger partial charge in [-0.15, -0.1) is 0 Å². The molecule has 0 spiro atoms. The molecule has 0 aliphatic carbocycles. The first-order valence-electron chi connectivity index (χ1n) is 31.6. The van der Waals surface area contributed by atoms with Crippen molar-refractivity contribution in [2.45, 2.75) is 269 Å². The second kappa shape index (κ2) is 56.0. The van der Waals surface area contributed by atoms with Gasteiger partial charge in [0.25, 0.3) is 0 Å². The SMILES string of the molecule is CC/C=C\C/C=C\C/C=C\C/C=C\C/C=C\C/C=C\CCC(=O)OC1C(OCC(NC(=O)C(O)CCCCCC/C=C\C/C=C\C/C=C\C/C=C\C/C=C\CC)C(O)/C=C/CCCCCCCCCCCCC)OC(CO)C(O)C1O. The fraction of sp³-hybridized carbons (Fsp3) is 0.629. The second-order valence-electron chi connectivity index (χ2n) is 21.0. The fourth-order valence-corrected chi connectivity index (χ4v) is 8.82. The van der Waals surface area contributed by atoms with Gasteiger partial charge in [-0.25, -0.2) is 0 Å². The van der Waals surface area contributed by atoms with E-state index in [1.165, 1.54) is 51.4 Å². The Morgan fingerprint density at radius 2 is 0.889 bits per heavy atom. The monoisotopic (exact) mass is 1130 g/mol. The summed E-state index contributed by atoms with van der Waals surface area (Å²) in [7, 11) is 0. The van der Waals surface area contributed by atoms with Crippen molar-refractivity contribution in [1.82, 2.24) is 5.32 Å². The molecule has 6 N–H and O–H groups in total. The third-order valence-corrected chi connectivity index (χ3v) is 13.7. The second-order valence-corrected chi connectivity index (χ2v) is 21.0. The van der Waals surface area contributed by atoms with Crippen LogP contribution < -0.4 is 5.32 Å². The molecule has 0 aromatic heterocycles. The van der Waals surface area contributed by atoms with Crippen LogP contribution in [0.25, 0.3) is 0 Å². The Morgan fingerprint density at radius 3 is 1.33 bits per heavy atom. The lowest BCUT2D eigenvalue weighted by atomic mass is 9.99. The zero-order valence-electron chi connectivity index (χ0n) is 50.6. The highest BCUT2D eigenvalue weighted by atomic mass is 16.7.